The van der Waals surface area contributed by atoms with Gasteiger partial charge in [0.2, 0.25) is 0 Å². The highest BCUT2D eigenvalue weighted by Crippen LogP contribution is 2.22. The van der Waals surface area contributed by atoms with Gasteiger partial charge < -0.3 is 15.4 Å². The minimum absolute atomic E-state index is 0.107. The van der Waals surface area contributed by atoms with Gasteiger partial charge in [-0.2, -0.15) is 0 Å². The molecule has 0 bridgehead atoms. The van der Waals surface area contributed by atoms with Crippen LogP contribution in [0.5, 0.6) is 0 Å². The van der Waals surface area contributed by atoms with Crippen LogP contribution in [0.1, 0.15) is 34.7 Å². The van der Waals surface area contributed by atoms with Gasteiger partial charge in [-0.05, 0) is 37.6 Å². The fourth-order valence-corrected chi connectivity index (χ4v) is 2.74. The van der Waals surface area contributed by atoms with Gasteiger partial charge in [0.1, 0.15) is 17.5 Å². The van der Waals surface area contributed by atoms with Crippen molar-refractivity contribution in [3.63, 3.8) is 0 Å². The van der Waals surface area contributed by atoms with Gasteiger partial charge in [-0.25, -0.2) is 14.8 Å². The molecule has 0 spiro atoms. The number of carbonyl (C=O) groups is 1. The Morgan fingerprint density at radius 3 is 2.48 bits per heavy atom. The van der Waals surface area contributed by atoms with E-state index in [2.05, 4.69) is 39.7 Å². The number of hydrogen-bond donors (Lipinski definition) is 2. The first-order valence-corrected chi connectivity index (χ1v) is 8.68. The minimum Gasteiger partial charge on any atom is -0.465 e. The second kappa shape index (κ2) is 8.31. The maximum Gasteiger partial charge on any atom is 0.337 e. The largest absolute Gasteiger partial charge is 0.465 e. The molecule has 6 heteroatoms. The normalized spacial score (nSPS) is 11.5. The maximum absolute atomic E-state index is 11.7. The van der Waals surface area contributed by atoms with Gasteiger partial charge in [-0.15, -0.1) is 0 Å². The third-order valence-electron chi connectivity index (χ3n) is 4.06. The van der Waals surface area contributed by atoms with E-state index < -0.39 is 0 Å². The van der Waals surface area contributed by atoms with Crippen molar-refractivity contribution >= 4 is 23.3 Å². The molecule has 6 nitrogen and oxygen atoms in total. The van der Waals surface area contributed by atoms with Gasteiger partial charge >= 0.3 is 5.97 Å². The molecule has 1 unspecified atom stereocenters. The summed E-state index contributed by atoms with van der Waals surface area (Å²) in [7, 11) is 1.36. The zero-order chi connectivity index (χ0) is 19.2. The molecule has 3 rings (SSSR count). The quantitative estimate of drug-likeness (QED) is 0.629. The molecule has 3 aromatic rings. The minimum atomic E-state index is -0.378. The number of carbonyl (C=O) groups excluding carboxylic acids is 1. The number of nitrogens with one attached hydrogen (secondary N) is 2. The first-order chi connectivity index (χ1) is 13.0. The van der Waals surface area contributed by atoms with Gasteiger partial charge in [0, 0.05) is 17.8 Å². The van der Waals surface area contributed by atoms with Crippen LogP contribution in [0.15, 0.2) is 60.7 Å². The van der Waals surface area contributed by atoms with Crippen molar-refractivity contribution in [1.29, 1.82) is 0 Å². The van der Waals surface area contributed by atoms with Gasteiger partial charge in [0.05, 0.1) is 12.7 Å². The number of benzene rings is 2. The lowest BCUT2D eigenvalue weighted by Gasteiger charge is -2.16. The summed E-state index contributed by atoms with van der Waals surface area (Å²) < 4.78 is 4.76. The molecular formula is C21H22N4O2. The number of methoxy groups -OCH3 is 1. The Bertz CT molecular complexity index is 928. The summed E-state index contributed by atoms with van der Waals surface area (Å²) in [6.45, 7) is 3.92. The van der Waals surface area contributed by atoms with Crippen molar-refractivity contribution in [2.75, 3.05) is 17.7 Å². The van der Waals surface area contributed by atoms with Crippen molar-refractivity contribution in [1.82, 2.24) is 9.97 Å². The second-order valence-electron chi connectivity index (χ2n) is 6.16. The van der Waals surface area contributed by atoms with Crippen molar-refractivity contribution in [3.8, 4) is 0 Å². The number of aromatic nitrogens is 2. The fourth-order valence-electron chi connectivity index (χ4n) is 2.74. The van der Waals surface area contributed by atoms with Crippen LogP contribution in [0, 0.1) is 6.92 Å². The van der Waals surface area contributed by atoms with Gasteiger partial charge in [0.25, 0.3) is 0 Å². The molecule has 1 atom stereocenters. The van der Waals surface area contributed by atoms with Crippen LogP contribution in [0.3, 0.4) is 0 Å². The molecule has 2 N–H and O–H groups in total. The van der Waals surface area contributed by atoms with Crippen LogP contribution in [-0.2, 0) is 4.74 Å². The van der Waals surface area contributed by atoms with Crippen LogP contribution in [-0.4, -0.2) is 23.0 Å². The van der Waals surface area contributed by atoms with Crippen LogP contribution in [0.4, 0.5) is 17.3 Å². The average molecular weight is 362 g/mol. The standard InChI is InChI=1S/C21H22N4O2/c1-14(16-8-5-4-6-9-16)22-19-13-20(24-15(2)23-19)25-18-11-7-10-17(12-18)21(26)27-3/h4-14H,1-3H3,(H2,22,23,24,25). The first-order valence-electron chi connectivity index (χ1n) is 8.68. The molecule has 0 aliphatic rings. The van der Waals surface area contributed by atoms with Crippen molar-refractivity contribution < 1.29 is 9.53 Å². The van der Waals surface area contributed by atoms with Gasteiger partial charge in [-0.3, -0.25) is 0 Å². The molecule has 138 valence electrons. The van der Waals surface area contributed by atoms with Crippen molar-refractivity contribution in [3.05, 3.63) is 77.6 Å². The number of hydrogen-bond acceptors (Lipinski definition) is 6. The summed E-state index contributed by atoms with van der Waals surface area (Å²) >= 11 is 0. The van der Waals surface area contributed by atoms with E-state index in [1.807, 2.05) is 37.3 Å². The molecule has 0 aliphatic carbocycles. The third kappa shape index (κ3) is 4.82. The lowest BCUT2D eigenvalue weighted by Crippen LogP contribution is -2.09. The number of aryl methyl sites for hydroxylation is 1. The molecule has 27 heavy (non-hydrogen) atoms. The molecule has 1 aromatic heterocycles. The SMILES string of the molecule is COC(=O)c1cccc(Nc2cc(NC(C)c3ccccc3)nc(C)n2)c1. The Balaban J connectivity index is 1.78. The number of rotatable bonds is 6. The Morgan fingerprint density at radius 2 is 1.74 bits per heavy atom. The van der Waals surface area contributed by atoms with E-state index in [1.54, 1.807) is 18.2 Å². The van der Waals surface area contributed by atoms with Gasteiger partial charge in [0.15, 0.2) is 0 Å². The van der Waals surface area contributed by atoms with Crippen LogP contribution < -0.4 is 10.6 Å². The Hall–Kier alpha value is -3.41. The van der Waals surface area contributed by atoms with E-state index in [4.69, 9.17) is 4.74 Å². The highest BCUT2D eigenvalue weighted by molar-refractivity contribution is 5.90. The molecule has 0 saturated carbocycles. The Morgan fingerprint density at radius 1 is 1.00 bits per heavy atom. The topological polar surface area (TPSA) is 76.1 Å². The van der Waals surface area contributed by atoms with Crippen molar-refractivity contribution in [2.24, 2.45) is 0 Å². The molecular weight excluding hydrogens is 340 g/mol. The van der Waals surface area contributed by atoms with E-state index in [1.165, 1.54) is 12.7 Å². The molecule has 0 aliphatic heterocycles. The number of ether oxygens (including phenoxy) is 1. The zero-order valence-corrected chi connectivity index (χ0v) is 15.6. The van der Waals surface area contributed by atoms with E-state index in [0.29, 0.717) is 17.2 Å². The van der Waals surface area contributed by atoms with Crippen LogP contribution in [0.25, 0.3) is 0 Å². The number of nitrogens with zero attached hydrogens (tertiary/aromatic N) is 2. The Labute approximate surface area is 158 Å². The van der Waals surface area contributed by atoms with Crippen LogP contribution in [0.2, 0.25) is 0 Å². The lowest BCUT2D eigenvalue weighted by molar-refractivity contribution is 0.0601. The lowest BCUT2D eigenvalue weighted by atomic mass is 10.1. The highest BCUT2D eigenvalue weighted by atomic mass is 16.5. The monoisotopic (exact) mass is 362 g/mol. The number of anilines is 3. The predicted molar refractivity (Wildman–Crippen MR) is 106 cm³/mol. The maximum atomic E-state index is 11.7. The van der Waals surface area contributed by atoms with Crippen LogP contribution >= 0.6 is 0 Å². The van der Waals surface area contributed by atoms with Gasteiger partial charge in [-0.1, -0.05) is 36.4 Å². The molecule has 0 fully saturated rings. The van der Waals surface area contributed by atoms with E-state index >= 15 is 0 Å². The summed E-state index contributed by atoms with van der Waals surface area (Å²) in [5, 5.41) is 6.62. The number of esters is 1. The van der Waals surface area contributed by atoms with E-state index in [-0.39, 0.29) is 12.0 Å². The summed E-state index contributed by atoms with van der Waals surface area (Å²) in [5.74, 6) is 1.64. The summed E-state index contributed by atoms with van der Waals surface area (Å²) in [6.07, 6.45) is 0. The Kier molecular flexibility index (Phi) is 5.66. The highest BCUT2D eigenvalue weighted by Gasteiger charge is 2.09. The third-order valence-corrected chi connectivity index (χ3v) is 4.06. The van der Waals surface area contributed by atoms with E-state index in [9.17, 15) is 4.79 Å². The summed E-state index contributed by atoms with van der Waals surface area (Å²) in [4.78, 5) is 20.6. The summed E-state index contributed by atoms with van der Waals surface area (Å²) in [5.41, 5.74) is 2.40. The first kappa shape index (κ1) is 18.4. The molecule has 0 radical (unpaired) electrons. The molecule has 0 saturated heterocycles. The molecule has 0 amide bonds. The molecule has 1 heterocycles. The van der Waals surface area contributed by atoms with Crippen molar-refractivity contribution in [2.45, 2.75) is 19.9 Å². The average Bonchev–Trinajstić information content (AvgIpc) is 2.67. The molecule has 2 aromatic carbocycles. The smallest absolute Gasteiger partial charge is 0.337 e. The van der Waals surface area contributed by atoms with E-state index in [0.717, 1.165) is 11.5 Å². The fraction of sp³-hybridized carbons (Fsp3) is 0.190. The second-order valence-corrected chi connectivity index (χ2v) is 6.16. The summed E-state index contributed by atoms with van der Waals surface area (Å²) in [6, 6.07) is 19.2. The predicted octanol–water partition coefficient (Wildman–Crippen LogP) is 4.49. The zero-order valence-electron chi connectivity index (χ0n) is 15.6.